The molecule has 2 heterocycles. The average Bonchev–Trinajstić information content (AvgIpc) is 3.01. The number of benzene rings is 1. The molecule has 1 amide bonds. The Morgan fingerprint density at radius 1 is 1.21 bits per heavy atom. The summed E-state index contributed by atoms with van der Waals surface area (Å²) in [5, 5.41) is 12.2. The molecule has 1 aromatic carbocycles. The molecule has 0 aromatic heterocycles. The number of rotatable bonds is 5. The number of carboxylic acids is 1. The van der Waals surface area contributed by atoms with E-state index < -0.39 is 12.0 Å². The fourth-order valence-corrected chi connectivity index (χ4v) is 2.87. The third-order valence-corrected chi connectivity index (χ3v) is 4.30. The summed E-state index contributed by atoms with van der Waals surface area (Å²) in [7, 11) is 2.00. The summed E-state index contributed by atoms with van der Waals surface area (Å²) >= 11 is 0. The summed E-state index contributed by atoms with van der Waals surface area (Å²) in [5.74, 6) is -0.101. The molecule has 0 radical (unpaired) electrons. The normalized spacial score (nSPS) is 19.0. The van der Waals surface area contributed by atoms with Crippen LogP contribution in [0.3, 0.4) is 0 Å². The number of ether oxygens (including phenoxy) is 2. The first-order chi connectivity index (χ1) is 11.5. The SMILES string of the molecule is CN1CCN(C(CC(=O)Nc2ccc3c(c2)OCO3)C(=O)O)CC1. The maximum atomic E-state index is 12.3. The average molecular weight is 335 g/mol. The van der Waals surface area contributed by atoms with Gasteiger partial charge in [-0.2, -0.15) is 0 Å². The zero-order chi connectivity index (χ0) is 17.1. The Balaban J connectivity index is 1.60. The number of hydrogen-bond acceptors (Lipinski definition) is 6. The van der Waals surface area contributed by atoms with Crippen molar-refractivity contribution in [3.63, 3.8) is 0 Å². The highest BCUT2D eigenvalue weighted by atomic mass is 16.7. The lowest BCUT2D eigenvalue weighted by Gasteiger charge is -2.35. The molecule has 8 nitrogen and oxygen atoms in total. The zero-order valence-corrected chi connectivity index (χ0v) is 13.5. The van der Waals surface area contributed by atoms with E-state index in [1.807, 2.05) is 11.9 Å². The molecule has 3 rings (SSSR count). The van der Waals surface area contributed by atoms with Crippen molar-refractivity contribution in [3.05, 3.63) is 18.2 Å². The molecular formula is C16H21N3O5. The predicted octanol–water partition coefficient (Wildman–Crippen LogP) is 0.444. The van der Waals surface area contributed by atoms with E-state index in [0.29, 0.717) is 30.3 Å². The van der Waals surface area contributed by atoms with Crippen molar-refractivity contribution >= 4 is 17.6 Å². The minimum atomic E-state index is -0.972. The summed E-state index contributed by atoms with van der Waals surface area (Å²) in [5.41, 5.74) is 0.562. The number of aliphatic carboxylic acids is 1. The van der Waals surface area contributed by atoms with E-state index in [1.165, 1.54) is 0 Å². The molecule has 1 saturated heterocycles. The van der Waals surface area contributed by atoms with Crippen LogP contribution >= 0.6 is 0 Å². The number of hydrogen-bond donors (Lipinski definition) is 2. The van der Waals surface area contributed by atoms with Crippen molar-refractivity contribution in [2.75, 3.05) is 45.3 Å². The second kappa shape index (κ2) is 7.06. The van der Waals surface area contributed by atoms with Crippen LogP contribution < -0.4 is 14.8 Å². The Morgan fingerprint density at radius 2 is 1.92 bits per heavy atom. The molecular weight excluding hydrogens is 314 g/mol. The van der Waals surface area contributed by atoms with Crippen molar-refractivity contribution < 1.29 is 24.2 Å². The molecule has 8 heteroatoms. The minimum absolute atomic E-state index is 0.0898. The maximum absolute atomic E-state index is 12.3. The van der Waals surface area contributed by atoms with Crippen molar-refractivity contribution in [1.82, 2.24) is 9.80 Å². The minimum Gasteiger partial charge on any atom is -0.480 e. The Morgan fingerprint density at radius 3 is 2.62 bits per heavy atom. The van der Waals surface area contributed by atoms with Crippen LogP contribution in [0.5, 0.6) is 11.5 Å². The molecule has 1 atom stereocenters. The van der Waals surface area contributed by atoms with Crippen LogP contribution in [0.25, 0.3) is 0 Å². The van der Waals surface area contributed by atoms with Gasteiger partial charge in [-0.3, -0.25) is 14.5 Å². The predicted molar refractivity (Wildman–Crippen MR) is 86.3 cm³/mol. The van der Waals surface area contributed by atoms with Gasteiger partial charge >= 0.3 is 5.97 Å². The summed E-state index contributed by atoms with van der Waals surface area (Å²) in [6, 6.07) is 4.28. The largest absolute Gasteiger partial charge is 0.480 e. The van der Waals surface area contributed by atoms with Gasteiger partial charge in [0.15, 0.2) is 11.5 Å². The number of fused-ring (bicyclic) bond motifs is 1. The first kappa shape index (κ1) is 16.5. The van der Waals surface area contributed by atoms with E-state index in [9.17, 15) is 14.7 Å². The van der Waals surface area contributed by atoms with E-state index in [4.69, 9.17) is 9.47 Å². The Hall–Kier alpha value is -2.32. The number of piperazine rings is 1. The topological polar surface area (TPSA) is 91.3 Å². The number of likely N-dealkylation sites (N-methyl/N-ethyl adjacent to an activating group) is 1. The fraction of sp³-hybridized carbons (Fsp3) is 0.500. The number of nitrogens with one attached hydrogen (secondary N) is 1. The Labute approximate surface area is 139 Å². The lowest BCUT2D eigenvalue weighted by molar-refractivity contribution is -0.145. The van der Waals surface area contributed by atoms with Gasteiger partial charge in [-0.25, -0.2) is 0 Å². The maximum Gasteiger partial charge on any atom is 0.321 e. The zero-order valence-electron chi connectivity index (χ0n) is 13.5. The Bertz CT molecular complexity index is 628. The van der Waals surface area contributed by atoms with Crippen molar-refractivity contribution in [3.8, 4) is 11.5 Å². The molecule has 130 valence electrons. The van der Waals surface area contributed by atoms with E-state index in [2.05, 4.69) is 10.2 Å². The molecule has 1 unspecified atom stereocenters. The third-order valence-electron chi connectivity index (χ3n) is 4.30. The lowest BCUT2D eigenvalue weighted by atomic mass is 10.1. The highest BCUT2D eigenvalue weighted by molar-refractivity contribution is 5.94. The first-order valence-electron chi connectivity index (χ1n) is 7.88. The van der Waals surface area contributed by atoms with Crippen molar-refractivity contribution in [2.24, 2.45) is 0 Å². The van der Waals surface area contributed by atoms with Crippen LogP contribution in [0.2, 0.25) is 0 Å². The molecule has 0 bridgehead atoms. The smallest absolute Gasteiger partial charge is 0.321 e. The van der Waals surface area contributed by atoms with Gasteiger partial charge in [0.2, 0.25) is 12.7 Å². The number of carbonyl (C=O) groups is 2. The summed E-state index contributed by atoms with van der Waals surface area (Å²) in [6.45, 7) is 3.05. The van der Waals surface area contributed by atoms with Crippen LogP contribution in [-0.4, -0.2) is 72.8 Å². The van der Waals surface area contributed by atoms with Gasteiger partial charge in [0.25, 0.3) is 0 Å². The van der Waals surface area contributed by atoms with Crippen LogP contribution in [-0.2, 0) is 9.59 Å². The second-order valence-electron chi connectivity index (χ2n) is 6.01. The van der Waals surface area contributed by atoms with Crippen LogP contribution in [0.15, 0.2) is 18.2 Å². The molecule has 0 saturated carbocycles. The molecule has 0 spiro atoms. The highest BCUT2D eigenvalue weighted by Gasteiger charge is 2.30. The van der Waals surface area contributed by atoms with Gasteiger partial charge in [0, 0.05) is 37.9 Å². The van der Waals surface area contributed by atoms with Gasteiger partial charge in [-0.15, -0.1) is 0 Å². The van der Waals surface area contributed by atoms with Gasteiger partial charge < -0.3 is 24.8 Å². The summed E-state index contributed by atoms with van der Waals surface area (Å²) < 4.78 is 10.5. The fourth-order valence-electron chi connectivity index (χ4n) is 2.87. The number of amides is 1. The molecule has 2 aliphatic heterocycles. The van der Waals surface area contributed by atoms with Crippen LogP contribution in [0.1, 0.15) is 6.42 Å². The molecule has 24 heavy (non-hydrogen) atoms. The van der Waals surface area contributed by atoms with E-state index in [0.717, 1.165) is 13.1 Å². The Kier molecular flexibility index (Phi) is 4.86. The van der Waals surface area contributed by atoms with E-state index in [1.54, 1.807) is 18.2 Å². The standard InChI is InChI=1S/C16H21N3O5/c1-18-4-6-19(7-5-18)12(16(21)22)9-15(20)17-11-2-3-13-14(8-11)24-10-23-13/h2-3,8,12H,4-7,9-10H2,1H3,(H,17,20)(H,21,22). The van der Waals surface area contributed by atoms with Crippen LogP contribution in [0, 0.1) is 0 Å². The number of nitrogens with zero attached hydrogens (tertiary/aromatic N) is 2. The molecule has 1 aromatic rings. The number of carbonyl (C=O) groups excluding carboxylic acids is 1. The number of carboxylic acid groups (broad SMARTS) is 1. The lowest BCUT2D eigenvalue weighted by Crippen LogP contribution is -2.52. The highest BCUT2D eigenvalue weighted by Crippen LogP contribution is 2.34. The van der Waals surface area contributed by atoms with Crippen molar-refractivity contribution in [2.45, 2.75) is 12.5 Å². The monoisotopic (exact) mass is 335 g/mol. The van der Waals surface area contributed by atoms with Crippen LogP contribution in [0.4, 0.5) is 5.69 Å². The third kappa shape index (κ3) is 3.77. The van der Waals surface area contributed by atoms with E-state index >= 15 is 0 Å². The first-order valence-corrected chi connectivity index (χ1v) is 7.88. The van der Waals surface area contributed by atoms with Gasteiger partial charge in [0.1, 0.15) is 6.04 Å². The van der Waals surface area contributed by atoms with Gasteiger partial charge in [-0.1, -0.05) is 0 Å². The van der Waals surface area contributed by atoms with Crippen molar-refractivity contribution in [1.29, 1.82) is 0 Å². The summed E-state index contributed by atoms with van der Waals surface area (Å²) in [6.07, 6.45) is -0.0898. The second-order valence-corrected chi connectivity index (χ2v) is 6.01. The molecule has 1 fully saturated rings. The molecule has 2 aliphatic rings. The molecule has 2 N–H and O–H groups in total. The quantitative estimate of drug-likeness (QED) is 0.807. The van der Waals surface area contributed by atoms with Gasteiger partial charge in [0.05, 0.1) is 6.42 Å². The number of anilines is 1. The molecule has 0 aliphatic carbocycles. The summed E-state index contributed by atoms with van der Waals surface area (Å²) in [4.78, 5) is 27.8. The van der Waals surface area contributed by atoms with Gasteiger partial charge in [-0.05, 0) is 19.2 Å². The van der Waals surface area contributed by atoms with E-state index in [-0.39, 0.29) is 19.1 Å².